The summed E-state index contributed by atoms with van der Waals surface area (Å²) in [6.07, 6.45) is -4.66. The predicted molar refractivity (Wildman–Crippen MR) is 92.6 cm³/mol. The number of carbonyl (C=O) groups is 1. The normalized spacial score (nSPS) is 13.3. The Balaban J connectivity index is 2.65. The number of hydrogen-bond donors (Lipinski definition) is 0. The van der Waals surface area contributed by atoms with Crippen LogP contribution in [-0.2, 0) is 21.0 Å². The maximum Gasteiger partial charge on any atom is 0.416 e. The van der Waals surface area contributed by atoms with Crippen LogP contribution >= 0.6 is 11.6 Å². The van der Waals surface area contributed by atoms with Crippen molar-refractivity contribution in [3.63, 3.8) is 0 Å². The number of carbonyl (C=O) groups excluding carboxylic acids is 1. The first-order chi connectivity index (χ1) is 11.9. The summed E-state index contributed by atoms with van der Waals surface area (Å²) in [7, 11) is -4.32. The van der Waals surface area contributed by atoms with E-state index in [9.17, 15) is 26.4 Å². The van der Waals surface area contributed by atoms with E-state index in [4.69, 9.17) is 11.6 Å². The molecule has 0 amide bonds. The summed E-state index contributed by atoms with van der Waals surface area (Å²) >= 11 is 5.45. The van der Waals surface area contributed by atoms with E-state index in [0.29, 0.717) is 10.4 Å². The van der Waals surface area contributed by atoms with Gasteiger partial charge in [-0.15, -0.1) is 0 Å². The van der Waals surface area contributed by atoms with E-state index in [-0.39, 0.29) is 10.6 Å². The minimum atomic E-state index is -4.66. The van der Waals surface area contributed by atoms with Gasteiger partial charge in [-0.3, -0.25) is 9.10 Å². The number of hydrogen-bond acceptors (Lipinski definition) is 3. The first kappa shape index (κ1) is 20.3. The molecular weight excluding hydrogens is 391 g/mol. The van der Waals surface area contributed by atoms with Crippen LogP contribution in [-0.4, -0.2) is 19.7 Å². The summed E-state index contributed by atoms with van der Waals surface area (Å²) in [6.45, 7) is 2.97. The van der Waals surface area contributed by atoms with Crippen molar-refractivity contribution < 1.29 is 26.4 Å². The molecule has 1 unspecified atom stereocenters. The highest BCUT2D eigenvalue weighted by Gasteiger charge is 2.35. The molecule has 0 aliphatic rings. The Hall–Kier alpha value is -2.06. The fraction of sp³-hybridized carbons (Fsp3) is 0.235. The van der Waals surface area contributed by atoms with Crippen LogP contribution in [0.15, 0.2) is 53.4 Å². The van der Waals surface area contributed by atoms with Gasteiger partial charge in [-0.1, -0.05) is 23.8 Å². The third-order valence-electron chi connectivity index (χ3n) is 3.69. The van der Waals surface area contributed by atoms with Crippen LogP contribution in [0, 0.1) is 6.92 Å². The zero-order valence-corrected chi connectivity index (χ0v) is 15.4. The van der Waals surface area contributed by atoms with Gasteiger partial charge in [0.25, 0.3) is 10.0 Å². The molecule has 0 radical (unpaired) electrons. The fourth-order valence-corrected chi connectivity index (χ4v) is 4.07. The second-order valence-electron chi connectivity index (χ2n) is 5.64. The average Bonchev–Trinajstić information content (AvgIpc) is 2.54. The van der Waals surface area contributed by atoms with E-state index in [1.165, 1.54) is 25.1 Å². The summed E-state index contributed by atoms with van der Waals surface area (Å²) in [5.41, 5.74) is -0.536. The zero-order valence-electron chi connectivity index (χ0n) is 13.8. The minimum absolute atomic E-state index is 0.162. The molecule has 2 rings (SSSR count). The number of nitrogens with zero attached hydrogens (tertiary/aromatic N) is 1. The Morgan fingerprint density at radius 3 is 2.19 bits per heavy atom. The topological polar surface area (TPSA) is 54.5 Å². The third-order valence-corrected chi connectivity index (χ3v) is 5.91. The van der Waals surface area contributed by atoms with E-state index in [2.05, 4.69) is 0 Å². The number of sulfonamides is 1. The number of alkyl halides is 3. The summed E-state index contributed by atoms with van der Waals surface area (Å²) in [5.74, 6) is 0. The fourth-order valence-electron chi connectivity index (χ4n) is 2.31. The first-order valence-electron chi connectivity index (χ1n) is 7.42. The highest BCUT2D eigenvalue weighted by atomic mass is 35.5. The number of anilines is 1. The van der Waals surface area contributed by atoms with Crippen LogP contribution in [0.5, 0.6) is 0 Å². The molecule has 1 atom stereocenters. The van der Waals surface area contributed by atoms with Gasteiger partial charge in [0.2, 0.25) is 5.24 Å². The molecule has 2 aromatic rings. The molecule has 140 valence electrons. The number of benzene rings is 2. The van der Waals surface area contributed by atoms with Gasteiger partial charge in [-0.25, -0.2) is 8.42 Å². The molecule has 0 saturated heterocycles. The Bertz CT molecular complexity index is 912. The van der Waals surface area contributed by atoms with E-state index in [1.54, 1.807) is 19.1 Å². The van der Waals surface area contributed by atoms with Crippen molar-refractivity contribution >= 4 is 32.6 Å². The third kappa shape index (κ3) is 4.19. The van der Waals surface area contributed by atoms with E-state index in [0.717, 1.165) is 17.7 Å². The molecule has 0 N–H and O–H groups in total. The van der Waals surface area contributed by atoms with Gasteiger partial charge in [-0.05, 0) is 55.8 Å². The van der Waals surface area contributed by atoms with E-state index >= 15 is 0 Å². The van der Waals surface area contributed by atoms with Gasteiger partial charge >= 0.3 is 6.18 Å². The summed E-state index contributed by atoms with van der Waals surface area (Å²) < 4.78 is 65.6. The Morgan fingerprint density at radius 2 is 1.69 bits per heavy atom. The van der Waals surface area contributed by atoms with Crippen molar-refractivity contribution in [2.75, 3.05) is 4.31 Å². The Kier molecular flexibility index (Phi) is 5.67. The zero-order chi connectivity index (χ0) is 19.7. The second kappa shape index (κ2) is 7.28. The van der Waals surface area contributed by atoms with Gasteiger partial charge in [0.05, 0.1) is 16.1 Å². The maximum atomic E-state index is 13.0. The molecule has 0 aliphatic carbocycles. The Labute approximate surface area is 154 Å². The molecular formula is C17H15ClF3NO3S. The van der Waals surface area contributed by atoms with Crippen LogP contribution < -0.4 is 4.31 Å². The Morgan fingerprint density at radius 1 is 1.12 bits per heavy atom. The number of aryl methyl sites for hydroxylation is 1. The van der Waals surface area contributed by atoms with Gasteiger partial charge in [0.15, 0.2) is 0 Å². The molecule has 0 saturated carbocycles. The van der Waals surface area contributed by atoms with Crippen LogP contribution in [0.25, 0.3) is 0 Å². The van der Waals surface area contributed by atoms with Crippen molar-refractivity contribution in [3.8, 4) is 0 Å². The largest absolute Gasteiger partial charge is 0.416 e. The molecule has 0 spiro atoms. The van der Waals surface area contributed by atoms with Crippen LogP contribution in [0.4, 0.5) is 18.9 Å². The van der Waals surface area contributed by atoms with E-state index in [1.807, 2.05) is 0 Å². The standard InChI is InChI=1S/C17H15ClF3NO3S/c1-11-6-8-15(9-7-11)26(24,25)22(12(2)16(18)23)14-5-3-4-13(10-14)17(19,20)21/h3-10,12H,1-2H3. The van der Waals surface area contributed by atoms with E-state index < -0.39 is 33.0 Å². The lowest BCUT2D eigenvalue weighted by Crippen LogP contribution is -2.42. The van der Waals surface area contributed by atoms with Crippen molar-refractivity contribution in [2.24, 2.45) is 0 Å². The minimum Gasteiger partial charge on any atom is -0.279 e. The SMILES string of the molecule is Cc1ccc(S(=O)(=O)N(c2cccc(C(F)(F)F)c2)C(C)C(=O)Cl)cc1. The molecule has 0 aliphatic heterocycles. The number of halogens is 4. The summed E-state index contributed by atoms with van der Waals surface area (Å²) in [4.78, 5) is 11.4. The summed E-state index contributed by atoms with van der Waals surface area (Å²) in [5, 5.41) is -1.02. The average molecular weight is 406 g/mol. The molecule has 0 fully saturated rings. The number of rotatable bonds is 5. The molecule has 26 heavy (non-hydrogen) atoms. The van der Waals surface area contributed by atoms with Crippen molar-refractivity contribution in [2.45, 2.75) is 31.0 Å². The van der Waals surface area contributed by atoms with Crippen LogP contribution in [0.3, 0.4) is 0 Å². The monoisotopic (exact) mass is 405 g/mol. The maximum absolute atomic E-state index is 13.0. The summed E-state index contributed by atoms with van der Waals surface area (Å²) in [6, 6.07) is 8.06. The smallest absolute Gasteiger partial charge is 0.279 e. The molecule has 2 aromatic carbocycles. The molecule has 0 heterocycles. The molecule has 9 heteroatoms. The lowest BCUT2D eigenvalue weighted by Gasteiger charge is -2.29. The quantitative estimate of drug-likeness (QED) is 0.694. The lowest BCUT2D eigenvalue weighted by atomic mass is 10.2. The predicted octanol–water partition coefficient (Wildman–Crippen LogP) is 4.36. The molecule has 0 aromatic heterocycles. The second-order valence-corrected chi connectivity index (χ2v) is 7.83. The van der Waals surface area contributed by atoms with Gasteiger partial charge in [0.1, 0.15) is 6.04 Å². The van der Waals surface area contributed by atoms with Gasteiger partial charge in [-0.2, -0.15) is 13.2 Å². The highest BCUT2D eigenvalue weighted by molar-refractivity contribution is 7.93. The van der Waals surface area contributed by atoms with Gasteiger partial charge in [0, 0.05) is 0 Å². The lowest BCUT2D eigenvalue weighted by molar-refractivity contribution is -0.137. The van der Waals surface area contributed by atoms with Gasteiger partial charge < -0.3 is 0 Å². The van der Waals surface area contributed by atoms with Crippen LogP contribution in [0.1, 0.15) is 18.1 Å². The van der Waals surface area contributed by atoms with Crippen molar-refractivity contribution in [1.82, 2.24) is 0 Å². The molecule has 0 bridgehead atoms. The van der Waals surface area contributed by atoms with Crippen molar-refractivity contribution in [1.29, 1.82) is 0 Å². The molecule has 4 nitrogen and oxygen atoms in total. The first-order valence-corrected chi connectivity index (χ1v) is 9.24. The van der Waals surface area contributed by atoms with Crippen molar-refractivity contribution in [3.05, 3.63) is 59.7 Å². The van der Waals surface area contributed by atoms with Crippen LogP contribution in [0.2, 0.25) is 0 Å². The highest BCUT2D eigenvalue weighted by Crippen LogP contribution is 2.34.